The highest BCUT2D eigenvalue weighted by Crippen LogP contribution is 2.36. The summed E-state index contributed by atoms with van der Waals surface area (Å²) in [6.45, 7) is 3.41. The van der Waals surface area contributed by atoms with E-state index < -0.39 is 17.9 Å². The van der Waals surface area contributed by atoms with Gasteiger partial charge >= 0.3 is 0 Å². The van der Waals surface area contributed by atoms with Gasteiger partial charge < -0.3 is 31.0 Å². The van der Waals surface area contributed by atoms with E-state index in [4.69, 9.17) is 25.7 Å². The van der Waals surface area contributed by atoms with E-state index in [2.05, 4.69) is 9.69 Å². The molecule has 11 nitrogen and oxygen atoms in total. The highest BCUT2D eigenvalue weighted by atomic mass is 32.1. The number of primary amides is 1. The number of fused-ring (bicyclic) bond motifs is 1. The molecule has 2 aromatic rings. The Labute approximate surface area is 194 Å². The molecule has 1 fully saturated rings. The van der Waals surface area contributed by atoms with Gasteiger partial charge in [0.2, 0.25) is 5.91 Å². The topological polar surface area (TPSA) is 159 Å². The molecule has 1 aromatic carbocycles. The van der Waals surface area contributed by atoms with E-state index >= 15 is 0 Å². The van der Waals surface area contributed by atoms with E-state index in [-0.39, 0.29) is 28.3 Å². The zero-order valence-electron chi connectivity index (χ0n) is 18.0. The number of anilines is 2. The maximum atomic E-state index is 13.6. The summed E-state index contributed by atoms with van der Waals surface area (Å²) < 4.78 is 20.7. The van der Waals surface area contributed by atoms with Crippen LogP contribution in [-0.2, 0) is 9.53 Å². The minimum absolute atomic E-state index is 0.0115. The van der Waals surface area contributed by atoms with Crippen molar-refractivity contribution in [3.05, 3.63) is 28.8 Å². The van der Waals surface area contributed by atoms with Crippen molar-refractivity contribution in [3.63, 3.8) is 0 Å². The van der Waals surface area contributed by atoms with Crippen LogP contribution in [0.3, 0.4) is 0 Å². The van der Waals surface area contributed by atoms with Crippen molar-refractivity contribution in [2.45, 2.75) is 31.9 Å². The van der Waals surface area contributed by atoms with Crippen molar-refractivity contribution in [1.82, 2.24) is 9.69 Å². The van der Waals surface area contributed by atoms with Crippen molar-refractivity contribution in [3.8, 4) is 11.5 Å². The molecule has 1 aromatic heterocycles. The first-order chi connectivity index (χ1) is 15.9. The van der Waals surface area contributed by atoms with Gasteiger partial charge in [-0.05, 0) is 43.4 Å². The number of benzene rings is 1. The van der Waals surface area contributed by atoms with Gasteiger partial charge in [-0.25, -0.2) is 0 Å². The second-order valence-corrected chi connectivity index (χ2v) is 8.47. The molecule has 1 saturated heterocycles. The van der Waals surface area contributed by atoms with Gasteiger partial charge in [-0.1, -0.05) is 0 Å². The van der Waals surface area contributed by atoms with Gasteiger partial charge in [0.05, 0.1) is 11.8 Å². The maximum absolute atomic E-state index is 13.6. The Morgan fingerprint density at radius 1 is 1.24 bits per heavy atom. The maximum Gasteiger partial charge on any atom is 0.272 e. The van der Waals surface area contributed by atoms with Gasteiger partial charge in [-0.3, -0.25) is 19.3 Å². The predicted octanol–water partition coefficient (Wildman–Crippen LogP) is 0.926. The van der Waals surface area contributed by atoms with E-state index in [0.717, 1.165) is 24.4 Å². The smallest absolute Gasteiger partial charge is 0.272 e. The highest BCUT2D eigenvalue weighted by Gasteiger charge is 2.33. The lowest BCUT2D eigenvalue weighted by molar-refractivity contribution is -0.122. The number of hydrogen-bond donors (Lipinski definition) is 3. The highest BCUT2D eigenvalue weighted by molar-refractivity contribution is 7.09. The van der Waals surface area contributed by atoms with E-state index in [1.54, 1.807) is 25.1 Å². The lowest BCUT2D eigenvalue weighted by Gasteiger charge is -2.30. The molecule has 3 amide bonds. The van der Waals surface area contributed by atoms with E-state index in [0.29, 0.717) is 43.6 Å². The van der Waals surface area contributed by atoms with E-state index in [1.165, 1.54) is 4.90 Å². The summed E-state index contributed by atoms with van der Waals surface area (Å²) >= 11 is 0.753. The zero-order chi connectivity index (χ0) is 23.5. The fourth-order valence-corrected chi connectivity index (χ4v) is 4.46. The molecule has 3 heterocycles. The summed E-state index contributed by atoms with van der Waals surface area (Å²) in [6, 6.07) is 4.04. The molecule has 4 rings (SSSR count). The van der Waals surface area contributed by atoms with Crippen LogP contribution in [-0.4, -0.2) is 60.6 Å². The first-order valence-electron chi connectivity index (χ1n) is 10.5. The summed E-state index contributed by atoms with van der Waals surface area (Å²) in [5.41, 5.74) is 11.4. The van der Waals surface area contributed by atoms with Gasteiger partial charge in [0, 0.05) is 24.9 Å². The normalized spacial score (nSPS) is 17.9. The number of nitrogens with two attached hydrogens (primary N) is 2. The summed E-state index contributed by atoms with van der Waals surface area (Å²) in [7, 11) is 0. The average molecular weight is 476 g/mol. The van der Waals surface area contributed by atoms with Gasteiger partial charge in [0.15, 0.2) is 17.2 Å². The number of amides is 3. The van der Waals surface area contributed by atoms with E-state index in [9.17, 15) is 14.4 Å². The molecule has 0 bridgehead atoms. The Bertz CT molecular complexity index is 1070. The molecule has 176 valence electrons. The van der Waals surface area contributed by atoms with Crippen LogP contribution in [0.5, 0.6) is 11.5 Å². The molecule has 33 heavy (non-hydrogen) atoms. The molecule has 2 aliphatic rings. The number of nitrogen functional groups attached to an aromatic ring is 1. The molecule has 0 saturated carbocycles. The summed E-state index contributed by atoms with van der Waals surface area (Å²) in [6.07, 6.45) is 1.77. The Kier molecular flexibility index (Phi) is 6.65. The van der Waals surface area contributed by atoms with Crippen LogP contribution in [0.2, 0.25) is 0 Å². The standard InChI is InChI=1S/C21H25N5O6S/c1-11(20(28)24-10-13-3-2-6-30-13)26(12-4-5-14-15(9-12)32-8-7-31-14)21(29)18-16(22)17(19(23)27)25-33-18/h4-5,9,11,13H,2-3,6-8,10,22H2,1H3,(H2,23,27)(H,24,28)/t11-,13-/m1/s1. The molecule has 0 spiro atoms. The van der Waals surface area contributed by atoms with Gasteiger partial charge in [0.25, 0.3) is 11.8 Å². The molecule has 2 aliphatic heterocycles. The van der Waals surface area contributed by atoms with Crippen LogP contribution in [0, 0.1) is 0 Å². The van der Waals surface area contributed by atoms with Crippen molar-refractivity contribution in [1.29, 1.82) is 0 Å². The molecule has 0 unspecified atom stereocenters. The van der Waals surface area contributed by atoms with Crippen molar-refractivity contribution in [2.24, 2.45) is 5.73 Å². The van der Waals surface area contributed by atoms with Crippen LogP contribution in [0.25, 0.3) is 0 Å². The van der Waals surface area contributed by atoms with Crippen LogP contribution in [0.4, 0.5) is 11.4 Å². The number of rotatable bonds is 7. The first kappa shape index (κ1) is 22.8. The number of ether oxygens (including phenoxy) is 3. The van der Waals surface area contributed by atoms with Crippen LogP contribution < -0.4 is 31.2 Å². The van der Waals surface area contributed by atoms with E-state index in [1.807, 2.05) is 0 Å². The Balaban J connectivity index is 1.65. The number of nitrogens with zero attached hydrogens (tertiary/aromatic N) is 2. The molecular formula is C21H25N5O6S. The van der Waals surface area contributed by atoms with Gasteiger partial charge in [-0.15, -0.1) is 0 Å². The van der Waals surface area contributed by atoms with Crippen LogP contribution in [0.15, 0.2) is 18.2 Å². The second kappa shape index (κ2) is 9.63. The predicted molar refractivity (Wildman–Crippen MR) is 121 cm³/mol. The monoisotopic (exact) mass is 475 g/mol. The summed E-state index contributed by atoms with van der Waals surface area (Å²) in [4.78, 5) is 39.4. The fourth-order valence-electron chi connectivity index (χ4n) is 3.72. The lowest BCUT2D eigenvalue weighted by Crippen LogP contribution is -2.49. The first-order valence-corrected chi connectivity index (χ1v) is 11.3. The molecule has 0 radical (unpaired) electrons. The second-order valence-electron chi connectivity index (χ2n) is 7.70. The third kappa shape index (κ3) is 4.71. The van der Waals surface area contributed by atoms with Crippen molar-refractivity contribution < 1.29 is 28.6 Å². The lowest BCUT2D eigenvalue weighted by atomic mass is 10.1. The summed E-state index contributed by atoms with van der Waals surface area (Å²) in [5.74, 6) is -0.795. The average Bonchev–Trinajstić information content (AvgIpc) is 3.47. The van der Waals surface area contributed by atoms with Crippen molar-refractivity contribution in [2.75, 3.05) is 37.0 Å². The Hall–Kier alpha value is -3.38. The summed E-state index contributed by atoms with van der Waals surface area (Å²) in [5, 5.41) is 2.85. The Morgan fingerprint density at radius 3 is 2.67 bits per heavy atom. The minimum atomic E-state index is -0.917. The molecule has 5 N–H and O–H groups in total. The number of carbonyl (C=O) groups is 3. The molecular weight excluding hydrogens is 450 g/mol. The van der Waals surface area contributed by atoms with Crippen LogP contribution >= 0.6 is 11.5 Å². The quantitative estimate of drug-likeness (QED) is 0.533. The molecule has 12 heteroatoms. The minimum Gasteiger partial charge on any atom is -0.486 e. The number of aromatic nitrogens is 1. The molecule has 0 aliphatic carbocycles. The Morgan fingerprint density at radius 2 is 2.00 bits per heavy atom. The zero-order valence-corrected chi connectivity index (χ0v) is 18.9. The van der Waals surface area contributed by atoms with Gasteiger partial charge in [-0.2, -0.15) is 4.37 Å². The largest absolute Gasteiger partial charge is 0.486 e. The van der Waals surface area contributed by atoms with Crippen LogP contribution in [0.1, 0.15) is 39.9 Å². The van der Waals surface area contributed by atoms with Crippen molar-refractivity contribution >= 4 is 40.6 Å². The number of carbonyl (C=O) groups excluding carboxylic acids is 3. The third-order valence-electron chi connectivity index (χ3n) is 5.47. The SMILES string of the molecule is C[C@H](C(=O)NC[C@H]1CCCO1)N(C(=O)c1snc(C(N)=O)c1N)c1ccc2c(c1)OCCO2. The van der Waals surface area contributed by atoms with Gasteiger partial charge in [0.1, 0.15) is 24.1 Å². The molecule has 2 atom stereocenters. The fraction of sp³-hybridized carbons (Fsp3) is 0.429. The third-order valence-corrected chi connectivity index (χ3v) is 6.32. The number of hydrogen-bond acceptors (Lipinski definition) is 9. The number of nitrogens with one attached hydrogen (secondary N) is 1.